The molecule has 2 nitrogen and oxygen atoms in total. The summed E-state index contributed by atoms with van der Waals surface area (Å²) < 4.78 is 0. The lowest BCUT2D eigenvalue weighted by atomic mass is 10.0. The van der Waals surface area contributed by atoms with Gasteiger partial charge in [0.15, 0.2) is 0 Å². The van der Waals surface area contributed by atoms with Gasteiger partial charge in [0.2, 0.25) is 0 Å². The number of nitrogens with zero attached hydrogens (tertiary/aromatic N) is 1. The minimum atomic E-state index is 0.0336. The zero-order chi connectivity index (χ0) is 10.0. The van der Waals surface area contributed by atoms with Gasteiger partial charge < -0.3 is 5.11 Å². The third kappa shape index (κ3) is 1.76. The lowest BCUT2D eigenvalue weighted by molar-refractivity contribution is 0.469. The molecule has 0 unspecified atom stereocenters. The first-order chi connectivity index (χ1) is 6.07. The molecule has 0 aliphatic rings. The third-order valence-electron chi connectivity index (χ3n) is 2.16. The average molecular weight is 196 g/mol. The minimum Gasteiger partial charge on any atom is -0.506 e. The highest BCUT2D eigenvalue weighted by Crippen LogP contribution is 2.32. The second kappa shape index (κ2) is 3.68. The van der Waals surface area contributed by atoms with Crippen molar-refractivity contribution in [2.24, 2.45) is 0 Å². The number of hydrogen-bond donors (Lipinski definition) is 1. The van der Waals surface area contributed by atoms with Gasteiger partial charge in [-0.2, -0.15) is 5.26 Å². The number of phenolic OH excluding ortho intramolecular Hbond substituents is 1. The van der Waals surface area contributed by atoms with Crippen LogP contribution in [0.1, 0.15) is 16.7 Å². The van der Waals surface area contributed by atoms with Gasteiger partial charge >= 0.3 is 0 Å². The van der Waals surface area contributed by atoms with Crippen LogP contribution in [0.3, 0.4) is 0 Å². The Morgan fingerprint density at radius 1 is 1.54 bits per heavy atom. The number of rotatable bonds is 1. The van der Waals surface area contributed by atoms with Crippen molar-refractivity contribution < 1.29 is 5.11 Å². The maximum absolute atomic E-state index is 9.55. The summed E-state index contributed by atoms with van der Waals surface area (Å²) in [6, 6.07) is 3.70. The van der Waals surface area contributed by atoms with E-state index in [1.165, 1.54) is 0 Å². The Balaban J connectivity index is 3.39. The van der Waals surface area contributed by atoms with Crippen molar-refractivity contribution in [1.82, 2.24) is 0 Å². The van der Waals surface area contributed by atoms with Crippen LogP contribution in [0.15, 0.2) is 6.07 Å². The topological polar surface area (TPSA) is 44.0 Å². The van der Waals surface area contributed by atoms with Crippen LogP contribution in [-0.4, -0.2) is 5.11 Å². The Morgan fingerprint density at radius 2 is 2.15 bits per heavy atom. The van der Waals surface area contributed by atoms with Gasteiger partial charge in [0, 0.05) is 5.56 Å². The normalized spacial score (nSPS) is 9.69. The number of hydrogen-bond acceptors (Lipinski definition) is 2. The predicted octanol–water partition coefficient (Wildman–Crippen LogP) is 2.73. The standard InChI is InChI=1S/C10H10ClNO/c1-6-5-9(11)10(13)8(3-4-12)7(6)2/h5,13H,3H2,1-2H3. The molecular formula is C10H10ClNO. The van der Waals surface area contributed by atoms with Crippen LogP contribution in [0.5, 0.6) is 5.75 Å². The van der Waals surface area contributed by atoms with Crippen molar-refractivity contribution in [2.75, 3.05) is 0 Å². The molecule has 0 aliphatic heterocycles. The summed E-state index contributed by atoms with van der Waals surface area (Å²) in [5.41, 5.74) is 2.56. The molecule has 0 saturated carbocycles. The molecule has 1 aromatic carbocycles. The molecule has 1 N–H and O–H groups in total. The van der Waals surface area contributed by atoms with E-state index in [0.717, 1.165) is 11.1 Å². The quantitative estimate of drug-likeness (QED) is 0.749. The van der Waals surface area contributed by atoms with Gasteiger partial charge in [0.25, 0.3) is 0 Å². The molecule has 1 aromatic rings. The van der Waals surface area contributed by atoms with E-state index in [-0.39, 0.29) is 12.2 Å². The van der Waals surface area contributed by atoms with Crippen molar-refractivity contribution in [1.29, 1.82) is 5.26 Å². The van der Waals surface area contributed by atoms with E-state index in [9.17, 15) is 5.11 Å². The molecule has 13 heavy (non-hydrogen) atoms. The van der Waals surface area contributed by atoms with E-state index in [4.69, 9.17) is 16.9 Å². The molecule has 0 amide bonds. The van der Waals surface area contributed by atoms with E-state index >= 15 is 0 Å². The zero-order valence-electron chi connectivity index (χ0n) is 7.56. The molecule has 1 rings (SSSR count). The summed E-state index contributed by atoms with van der Waals surface area (Å²) in [7, 11) is 0. The Morgan fingerprint density at radius 3 is 2.69 bits per heavy atom. The minimum absolute atomic E-state index is 0.0336. The fraction of sp³-hybridized carbons (Fsp3) is 0.300. The van der Waals surface area contributed by atoms with Gasteiger partial charge in [-0.15, -0.1) is 0 Å². The molecule has 3 heteroatoms. The smallest absolute Gasteiger partial charge is 0.138 e. The molecule has 68 valence electrons. The molecule has 0 aliphatic carbocycles. The van der Waals surface area contributed by atoms with E-state index in [0.29, 0.717) is 10.6 Å². The highest BCUT2D eigenvalue weighted by atomic mass is 35.5. The van der Waals surface area contributed by atoms with Gasteiger partial charge in [-0.25, -0.2) is 0 Å². The summed E-state index contributed by atoms with van der Waals surface area (Å²) >= 11 is 5.77. The first kappa shape index (κ1) is 9.88. The van der Waals surface area contributed by atoms with E-state index in [1.54, 1.807) is 6.07 Å². The van der Waals surface area contributed by atoms with Gasteiger partial charge in [0.1, 0.15) is 5.75 Å². The summed E-state index contributed by atoms with van der Waals surface area (Å²) in [4.78, 5) is 0. The lowest BCUT2D eigenvalue weighted by Gasteiger charge is -2.09. The monoisotopic (exact) mass is 195 g/mol. The summed E-state index contributed by atoms with van der Waals surface area (Å²) in [6.45, 7) is 3.78. The number of phenols is 1. The van der Waals surface area contributed by atoms with E-state index < -0.39 is 0 Å². The average Bonchev–Trinajstić information content (AvgIpc) is 2.09. The van der Waals surface area contributed by atoms with Crippen molar-refractivity contribution in [2.45, 2.75) is 20.3 Å². The number of halogens is 1. The fourth-order valence-electron chi connectivity index (χ4n) is 1.22. The molecule has 0 bridgehead atoms. The molecule has 0 saturated heterocycles. The van der Waals surface area contributed by atoms with Crippen molar-refractivity contribution in [3.8, 4) is 11.8 Å². The summed E-state index contributed by atoms with van der Waals surface area (Å²) in [6.07, 6.45) is 0.194. The largest absolute Gasteiger partial charge is 0.506 e. The van der Waals surface area contributed by atoms with Crippen LogP contribution in [0, 0.1) is 25.2 Å². The second-order valence-corrected chi connectivity index (χ2v) is 3.37. The molecule has 0 atom stereocenters. The predicted molar refractivity (Wildman–Crippen MR) is 51.9 cm³/mol. The van der Waals surface area contributed by atoms with E-state index in [1.807, 2.05) is 19.9 Å². The van der Waals surface area contributed by atoms with Crippen LogP contribution in [-0.2, 0) is 6.42 Å². The van der Waals surface area contributed by atoms with E-state index in [2.05, 4.69) is 0 Å². The van der Waals surface area contributed by atoms with Crippen molar-refractivity contribution in [3.63, 3.8) is 0 Å². The fourth-order valence-corrected chi connectivity index (χ4v) is 1.50. The van der Waals surface area contributed by atoms with Gasteiger partial charge in [-0.1, -0.05) is 11.6 Å². The Kier molecular flexibility index (Phi) is 2.79. The maximum atomic E-state index is 9.55. The molecular weight excluding hydrogens is 186 g/mol. The number of aromatic hydroxyl groups is 1. The zero-order valence-corrected chi connectivity index (χ0v) is 8.31. The van der Waals surface area contributed by atoms with Gasteiger partial charge in [-0.05, 0) is 31.0 Å². The maximum Gasteiger partial charge on any atom is 0.138 e. The molecule has 0 aromatic heterocycles. The first-order valence-corrected chi connectivity index (χ1v) is 4.30. The Labute approximate surface area is 82.4 Å². The highest BCUT2D eigenvalue weighted by molar-refractivity contribution is 6.32. The molecule has 0 radical (unpaired) electrons. The van der Waals surface area contributed by atoms with Crippen molar-refractivity contribution >= 4 is 11.6 Å². The summed E-state index contributed by atoms with van der Waals surface area (Å²) in [5.74, 6) is 0.0336. The third-order valence-corrected chi connectivity index (χ3v) is 2.44. The highest BCUT2D eigenvalue weighted by Gasteiger charge is 2.10. The SMILES string of the molecule is Cc1cc(Cl)c(O)c(CC#N)c1C. The van der Waals surface area contributed by atoms with Crippen LogP contribution in [0.2, 0.25) is 5.02 Å². The number of aryl methyl sites for hydroxylation is 1. The Hall–Kier alpha value is -1.20. The second-order valence-electron chi connectivity index (χ2n) is 2.96. The number of benzene rings is 1. The van der Waals surface area contributed by atoms with Crippen LogP contribution < -0.4 is 0 Å². The van der Waals surface area contributed by atoms with Crippen LogP contribution >= 0.6 is 11.6 Å². The van der Waals surface area contributed by atoms with Crippen LogP contribution in [0.4, 0.5) is 0 Å². The molecule has 0 fully saturated rings. The first-order valence-electron chi connectivity index (χ1n) is 3.92. The summed E-state index contributed by atoms with van der Waals surface area (Å²) in [5, 5.41) is 18.4. The van der Waals surface area contributed by atoms with Gasteiger partial charge in [-0.3, -0.25) is 0 Å². The Bertz CT molecular complexity index is 353. The van der Waals surface area contributed by atoms with Crippen LogP contribution in [0.25, 0.3) is 0 Å². The molecule has 0 spiro atoms. The van der Waals surface area contributed by atoms with Gasteiger partial charge in [0.05, 0.1) is 17.5 Å². The van der Waals surface area contributed by atoms with Crippen molar-refractivity contribution in [3.05, 3.63) is 27.8 Å². The number of nitriles is 1. The molecule has 0 heterocycles. The lowest BCUT2D eigenvalue weighted by Crippen LogP contribution is -1.92.